The zero-order valence-electron chi connectivity index (χ0n) is 11.7. The summed E-state index contributed by atoms with van der Waals surface area (Å²) in [6, 6.07) is -1.34. The Bertz CT molecular complexity index is 444. The maximum absolute atomic E-state index is 10.7. The van der Waals surface area contributed by atoms with E-state index in [1.165, 1.54) is 0 Å². The minimum Gasteiger partial charge on any atom is -0.480 e. The van der Waals surface area contributed by atoms with Crippen molar-refractivity contribution < 1.29 is 19.8 Å². The van der Waals surface area contributed by atoms with Crippen molar-refractivity contribution in [1.29, 1.82) is 0 Å². The summed E-state index contributed by atoms with van der Waals surface area (Å²) in [5, 5.41) is 23.3. The summed E-state index contributed by atoms with van der Waals surface area (Å²) in [5.41, 5.74) is 1.43. The van der Waals surface area contributed by atoms with E-state index in [4.69, 9.17) is 10.2 Å². The molecule has 0 spiro atoms. The SMILES string of the molecule is Cc1nc(CN[C@@H](C)C(=O)O)c(CN[C@@H](C)C(=O)O)[nH]1. The first kappa shape index (κ1) is 16.1. The van der Waals surface area contributed by atoms with Gasteiger partial charge in [0, 0.05) is 13.1 Å². The van der Waals surface area contributed by atoms with E-state index in [2.05, 4.69) is 20.6 Å². The molecular formula is C12H20N4O4. The molecule has 0 saturated heterocycles. The minimum absolute atomic E-state index is 0.302. The van der Waals surface area contributed by atoms with Crippen LogP contribution < -0.4 is 10.6 Å². The van der Waals surface area contributed by atoms with E-state index in [1.54, 1.807) is 20.8 Å². The molecule has 2 atom stereocenters. The van der Waals surface area contributed by atoms with E-state index in [-0.39, 0.29) is 0 Å². The third kappa shape index (κ3) is 4.63. The fraction of sp³-hybridized carbons (Fsp3) is 0.583. The highest BCUT2D eigenvalue weighted by Crippen LogP contribution is 2.06. The van der Waals surface area contributed by atoms with E-state index in [9.17, 15) is 9.59 Å². The fourth-order valence-electron chi connectivity index (χ4n) is 1.56. The summed E-state index contributed by atoms with van der Waals surface area (Å²) in [6.45, 7) is 5.51. The molecule has 8 heteroatoms. The third-order valence-electron chi connectivity index (χ3n) is 2.88. The van der Waals surface area contributed by atoms with E-state index in [1.807, 2.05) is 0 Å². The number of carboxylic acid groups (broad SMARTS) is 2. The molecule has 20 heavy (non-hydrogen) atoms. The van der Waals surface area contributed by atoms with Gasteiger partial charge in [-0.2, -0.15) is 0 Å². The number of H-pyrrole nitrogens is 1. The molecule has 0 aliphatic heterocycles. The molecule has 0 aliphatic carbocycles. The predicted octanol–water partition coefficient (Wildman–Crippen LogP) is -0.156. The molecule has 1 aromatic heterocycles. The average molecular weight is 284 g/mol. The third-order valence-corrected chi connectivity index (χ3v) is 2.88. The van der Waals surface area contributed by atoms with Gasteiger partial charge in [-0.05, 0) is 20.8 Å². The van der Waals surface area contributed by atoms with Gasteiger partial charge >= 0.3 is 11.9 Å². The van der Waals surface area contributed by atoms with Gasteiger partial charge in [-0.25, -0.2) is 4.98 Å². The Labute approximate surface area is 116 Å². The molecule has 112 valence electrons. The van der Waals surface area contributed by atoms with Gasteiger partial charge in [0.05, 0.1) is 11.4 Å². The number of nitrogens with one attached hydrogen (secondary N) is 3. The largest absolute Gasteiger partial charge is 0.480 e. The van der Waals surface area contributed by atoms with E-state index in [0.29, 0.717) is 24.6 Å². The monoisotopic (exact) mass is 284 g/mol. The Morgan fingerprint density at radius 1 is 1.15 bits per heavy atom. The molecule has 1 rings (SSSR count). The first-order valence-electron chi connectivity index (χ1n) is 6.28. The number of aromatic nitrogens is 2. The van der Waals surface area contributed by atoms with Crippen LogP contribution in [0, 0.1) is 6.92 Å². The minimum atomic E-state index is -0.934. The topological polar surface area (TPSA) is 127 Å². The van der Waals surface area contributed by atoms with Crippen molar-refractivity contribution in [2.45, 2.75) is 45.9 Å². The van der Waals surface area contributed by atoms with Crippen LogP contribution in [0.4, 0.5) is 0 Å². The Kier molecular flexibility index (Phi) is 5.66. The van der Waals surface area contributed by atoms with E-state index in [0.717, 1.165) is 5.69 Å². The van der Waals surface area contributed by atoms with Gasteiger partial charge in [0.25, 0.3) is 0 Å². The summed E-state index contributed by atoms with van der Waals surface area (Å²) in [7, 11) is 0. The number of aliphatic carboxylic acids is 2. The second-order valence-corrected chi connectivity index (χ2v) is 4.63. The number of rotatable bonds is 8. The van der Waals surface area contributed by atoms with Crippen molar-refractivity contribution in [1.82, 2.24) is 20.6 Å². The predicted molar refractivity (Wildman–Crippen MR) is 71.2 cm³/mol. The van der Waals surface area contributed by atoms with Crippen molar-refractivity contribution >= 4 is 11.9 Å². The number of aromatic amines is 1. The van der Waals surface area contributed by atoms with Gasteiger partial charge < -0.3 is 15.2 Å². The van der Waals surface area contributed by atoms with Crippen LogP contribution >= 0.6 is 0 Å². The average Bonchev–Trinajstić information content (AvgIpc) is 2.72. The van der Waals surface area contributed by atoms with Crippen LogP contribution in [0.5, 0.6) is 0 Å². The summed E-state index contributed by atoms with van der Waals surface area (Å²) in [4.78, 5) is 28.8. The molecular weight excluding hydrogens is 264 g/mol. The summed E-state index contributed by atoms with van der Waals surface area (Å²) in [6.07, 6.45) is 0. The van der Waals surface area contributed by atoms with Crippen molar-refractivity contribution in [3.8, 4) is 0 Å². The van der Waals surface area contributed by atoms with Gasteiger partial charge in [0.1, 0.15) is 17.9 Å². The number of nitrogens with zero attached hydrogens (tertiary/aromatic N) is 1. The van der Waals surface area contributed by atoms with Gasteiger partial charge in [0.2, 0.25) is 0 Å². The Morgan fingerprint density at radius 3 is 2.15 bits per heavy atom. The van der Waals surface area contributed by atoms with Crippen molar-refractivity contribution in [3.63, 3.8) is 0 Å². The lowest BCUT2D eigenvalue weighted by Gasteiger charge is -2.11. The summed E-state index contributed by atoms with van der Waals surface area (Å²) < 4.78 is 0. The smallest absolute Gasteiger partial charge is 0.320 e. The van der Waals surface area contributed by atoms with E-state index < -0.39 is 24.0 Å². The lowest BCUT2D eigenvalue weighted by molar-refractivity contribution is -0.140. The van der Waals surface area contributed by atoms with E-state index >= 15 is 0 Å². The standard InChI is InChI=1S/C12H20N4O4/c1-6(11(17)18)13-4-9-10(16-8(3)15-9)5-14-7(2)12(19)20/h6-7,13-14H,4-5H2,1-3H3,(H,15,16)(H,17,18)(H,19,20)/t6-,7-/m0/s1. The molecule has 0 bridgehead atoms. The Balaban J connectivity index is 2.63. The lowest BCUT2D eigenvalue weighted by Crippen LogP contribution is -2.35. The molecule has 0 fully saturated rings. The zero-order valence-corrected chi connectivity index (χ0v) is 11.7. The van der Waals surface area contributed by atoms with Crippen molar-refractivity contribution in [2.75, 3.05) is 0 Å². The maximum atomic E-state index is 10.7. The molecule has 0 aliphatic rings. The normalized spacial score (nSPS) is 13.9. The number of imidazole rings is 1. The first-order chi connectivity index (χ1) is 9.31. The lowest BCUT2D eigenvalue weighted by atomic mass is 10.2. The highest BCUT2D eigenvalue weighted by molar-refractivity contribution is 5.73. The molecule has 0 unspecified atom stereocenters. The van der Waals surface area contributed by atoms with Crippen LogP contribution in [0.2, 0.25) is 0 Å². The second-order valence-electron chi connectivity index (χ2n) is 4.63. The number of carbonyl (C=O) groups is 2. The second kappa shape index (κ2) is 7.01. The highest BCUT2D eigenvalue weighted by atomic mass is 16.4. The van der Waals surface area contributed by atoms with Crippen molar-refractivity contribution in [3.05, 3.63) is 17.2 Å². The summed E-state index contributed by atoms with van der Waals surface area (Å²) in [5.74, 6) is -1.17. The molecule has 5 N–H and O–H groups in total. The van der Waals surface area contributed by atoms with Crippen LogP contribution in [0.25, 0.3) is 0 Å². The number of carboxylic acids is 2. The zero-order chi connectivity index (χ0) is 15.3. The highest BCUT2D eigenvalue weighted by Gasteiger charge is 2.15. The Hall–Kier alpha value is -1.93. The molecule has 8 nitrogen and oxygen atoms in total. The molecule has 0 amide bonds. The number of hydrogen-bond donors (Lipinski definition) is 5. The van der Waals surface area contributed by atoms with Crippen LogP contribution in [-0.2, 0) is 22.7 Å². The Morgan fingerprint density at radius 2 is 1.65 bits per heavy atom. The maximum Gasteiger partial charge on any atom is 0.320 e. The van der Waals surface area contributed by atoms with Gasteiger partial charge in [-0.1, -0.05) is 0 Å². The summed E-state index contributed by atoms with van der Waals surface area (Å²) >= 11 is 0. The van der Waals surface area contributed by atoms with Crippen LogP contribution in [0.1, 0.15) is 31.1 Å². The molecule has 1 aromatic rings. The molecule has 0 radical (unpaired) electrons. The molecule has 0 saturated carbocycles. The van der Waals surface area contributed by atoms with Crippen LogP contribution in [0.3, 0.4) is 0 Å². The fourth-order valence-corrected chi connectivity index (χ4v) is 1.56. The molecule has 1 heterocycles. The van der Waals surface area contributed by atoms with Crippen LogP contribution in [0.15, 0.2) is 0 Å². The molecule has 0 aromatic carbocycles. The quantitative estimate of drug-likeness (QED) is 0.449. The first-order valence-corrected chi connectivity index (χ1v) is 6.28. The van der Waals surface area contributed by atoms with Gasteiger partial charge in [0.15, 0.2) is 0 Å². The van der Waals surface area contributed by atoms with Crippen LogP contribution in [-0.4, -0.2) is 44.2 Å². The number of hydrogen-bond acceptors (Lipinski definition) is 5. The van der Waals surface area contributed by atoms with Crippen molar-refractivity contribution in [2.24, 2.45) is 0 Å². The van der Waals surface area contributed by atoms with Gasteiger partial charge in [-0.3, -0.25) is 20.2 Å². The van der Waals surface area contributed by atoms with Gasteiger partial charge in [-0.15, -0.1) is 0 Å². The number of aryl methyl sites for hydroxylation is 1.